The number of aliphatic hydroxyl groups is 1. The first-order valence-corrected chi connectivity index (χ1v) is 6.28. The molecule has 2 saturated heterocycles. The van der Waals surface area contributed by atoms with Crippen molar-refractivity contribution in [1.82, 2.24) is 10.2 Å². The van der Waals surface area contributed by atoms with Gasteiger partial charge < -0.3 is 15.3 Å². The lowest BCUT2D eigenvalue weighted by atomic mass is 9.95. The van der Waals surface area contributed by atoms with Gasteiger partial charge in [0.25, 0.3) is 0 Å². The first kappa shape index (κ1) is 14.7. The van der Waals surface area contributed by atoms with Crippen LogP contribution in [0.5, 0.6) is 0 Å². The van der Waals surface area contributed by atoms with Crippen LogP contribution in [0.3, 0.4) is 0 Å². The molecular weight excluding hydrogens is 240 g/mol. The second-order valence-electron chi connectivity index (χ2n) is 5.43. The van der Waals surface area contributed by atoms with Crippen molar-refractivity contribution in [2.75, 3.05) is 19.6 Å². The van der Waals surface area contributed by atoms with E-state index in [1.165, 1.54) is 0 Å². The predicted octanol–water partition coefficient (Wildman–Crippen LogP) is 0.635. The van der Waals surface area contributed by atoms with Gasteiger partial charge in [0.15, 0.2) is 0 Å². The first-order chi connectivity index (χ1) is 7.58. The molecule has 100 valence electrons. The van der Waals surface area contributed by atoms with Gasteiger partial charge in [-0.3, -0.25) is 4.79 Å². The van der Waals surface area contributed by atoms with Crippen LogP contribution in [-0.2, 0) is 4.79 Å². The Morgan fingerprint density at radius 1 is 1.47 bits per heavy atom. The molecule has 0 saturated carbocycles. The number of nitrogens with one attached hydrogen (secondary N) is 1. The van der Waals surface area contributed by atoms with Crippen molar-refractivity contribution in [3.63, 3.8) is 0 Å². The molecule has 0 radical (unpaired) electrons. The SMILES string of the molecule is CC(C)C1CCN(C(=O)C2CC(O)CN2)C1.Cl. The summed E-state index contributed by atoms with van der Waals surface area (Å²) in [5.41, 5.74) is 0. The van der Waals surface area contributed by atoms with Crippen LogP contribution in [0.1, 0.15) is 26.7 Å². The Morgan fingerprint density at radius 2 is 2.18 bits per heavy atom. The highest BCUT2D eigenvalue weighted by molar-refractivity contribution is 5.85. The summed E-state index contributed by atoms with van der Waals surface area (Å²) in [7, 11) is 0. The van der Waals surface area contributed by atoms with Crippen molar-refractivity contribution < 1.29 is 9.90 Å². The number of aliphatic hydroxyl groups excluding tert-OH is 1. The van der Waals surface area contributed by atoms with Crippen LogP contribution in [0.15, 0.2) is 0 Å². The van der Waals surface area contributed by atoms with E-state index in [2.05, 4.69) is 19.2 Å². The summed E-state index contributed by atoms with van der Waals surface area (Å²) >= 11 is 0. The van der Waals surface area contributed by atoms with Gasteiger partial charge in [-0.25, -0.2) is 0 Å². The van der Waals surface area contributed by atoms with E-state index in [1.807, 2.05) is 4.90 Å². The third-order valence-corrected chi connectivity index (χ3v) is 3.88. The molecule has 2 rings (SSSR count). The number of halogens is 1. The number of hydrogen-bond acceptors (Lipinski definition) is 3. The van der Waals surface area contributed by atoms with Crippen molar-refractivity contribution in [1.29, 1.82) is 0 Å². The van der Waals surface area contributed by atoms with E-state index in [-0.39, 0.29) is 30.5 Å². The van der Waals surface area contributed by atoms with Crippen LogP contribution in [0.25, 0.3) is 0 Å². The molecule has 0 bridgehead atoms. The average Bonchev–Trinajstić information content (AvgIpc) is 2.84. The minimum absolute atomic E-state index is 0. The number of carbonyl (C=O) groups excluding carboxylic acids is 1. The zero-order chi connectivity index (χ0) is 11.7. The Kier molecular flexibility index (Phi) is 5.22. The molecule has 0 aliphatic carbocycles. The Bertz CT molecular complexity index is 273. The van der Waals surface area contributed by atoms with Crippen LogP contribution < -0.4 is 5.32 Å². The van der Waals surface area contributed by atoms with E-state index >= 15 is 0 Å². The van der Waals surface area contributed by atoms with Gasteiger partial charge >= 0.3 is 0 Å². The molecule has 0 aromatic heterocycles. The quantitative estimate of drug-likeness (QED) is 0.768. The van der Waals surface area contributed by atoms with Gasteiger partial charge in [0.05, 0.1) is 12.1 Å². The highest BCUT2D eigenvalue weighted by Gasteiger charge is 2.35. The van der Waals surface area contributed by atoms with Gasteiger partial charge in [0.1, 0.15) is 0 Å². The number of hydrogen-bond donors (Lipinski definition) is 2. The monoisotopic (exact) mass is 262 g/mol. The Hall–Kier alpha value is -0.320. The number of amides is 1. The van der Waals surface area contributed by atoms with E-state index in [0.717, 1.165) is 19.5 Å². The maximum absolute atomic E-state index is 12.1. The Balaban J connectivity index is 0.00000144. The van der Waals surface area contributed by atoms with Gasteiger partial charge in [-0.1, -0.05) is 13.8 Å². The molecule has 0 aromatic rings. The Morgan fingerprint density at radius 3 is 2.65 bits per heavy atom. The molecule has 2 fully saturated rings. The molecule has 2 N–H and O–H groups in total. The highest BCUT2D eigenvalue weighted by Crippen LogP contribution is 2.24. The molecule has 2 aliphatic rings. The summed E-state index contributed by atoms with van der Waals surface area (Å²) in [6.45, 7) is 6.77. The molecular formula is C12H23ClN2O2. The molecule has 3 unspecified atom stereocenters. The minimum Gasteiger partial charge on any atom is -0.392 e. The maximum atomic E-state index is 12.1. The number of β-amino-alcohol motifs (C(OH)–C–C–N with tert-alkyl or cyclic N) is 1. The van der Waals surface area contributed by atoms with Crippen LogP contribution in [0, 0.1) is 11.8 Å². The normalized spacial score (nSPS) is 32.9. The van der Waals surface area contributed by atoms with Crippen molar-refractivity contribution >= 4 is 18.3 Å². The molecule has 0 aromatic carbocycles. The third kappa shape index (κ3) is 3.33. The zero-order valence-electron chi connectivity index (χ0n) is 10.6. The highest BCUT2D eigenvalue weighted by atomic mass is 35.5. The minimum atomic E-state index is -0.350. The summed E-state index contributed by atoms with van der Waals surface area (Å²) in [4.78, 5) is 14.1. The van der Waals surface area contributed by atoms with E-state index < -0.39 is 0 Å². The molecule has 2 aliphatic heterocycles. The van der Waals surface area contributed by atoms with E-state index in [0.29, 0.717) is 24.8 Å². The van der Waals surface area contributed by atoms with Crippen LogP contribution >= 0.6 is 12.4 Å². The molecule has 1 amide bonds. The molecule has 0 spiro atoms. The van der Waals surface area contributed by atoms with Crippen molar-refractivity contribution in [3.8, 4) is 0 Å². The molecule has 5 heteroatoms. The van der Waals surface area contributed by atoms with Gasteiger partial charge in [-0.05, 0) is 24.7 Å². The van der Waals surface area contributed by atoms with Crippen LogP contribution in [-0.4, -0.2) is 47.7 Å². The second kappa shape index (κ2) is 6.03. The molecule has 4 nitrogen and oxygen atoms in total. The Labute approximate surface area is 109 Å². The zero-order valence-corrected chi connectivity index (χ0v) is 11.4. The maximum Gasteiger partial charge on any atom is 0.239 e. The summed E-state index contributed by atoms with van der Waals surface area (Å²) in [5, 5.41) is 12.5. The average molecular weight is 263 g/mol. The van der Waals surface area contributed by atoms with Crippen molar-refractivity contribution in [2.24, 2.45) is 11.8 Å². The fourth-order valence-electron chi connectivity index (χ4n) is 2.66. The fraction of sp³-hybridized carbons (Fsp3) is 0.917. The smallest absolute Gasteiger partial charge is 0.239 e. The van der Waals surface area contributed by atoms with E-state index in [1.54, 1.807) is 0 Å². The van der Waals surface area contributed by atoms with Gasteiger partial charge in [0, 0.05) is 19.6 Å². The summed E-state index contributed by atoms with van der Waals surface area (Å²) in [6.07, 6.45) is 1.35. The lowest BCUT2D eigenvalue weighted by Gasteiger charge is -2.21. The summed E-state index contributed by atoms with van der Waals surface area (Å²) in [6, 6.07) is -0.152. The topological polar surface area (TPSA) is 52.6 Å². The summed E-state index contributed by atoms with van der Waals surface area (Å²) in [5.74, 6) is 1.48. The largest absolute Gasteiger partial charge is 0.392 e. The van der Waals surface area contributed by atoms with Gasteiger partial charge in [-0.15, -0.1) is 12.4 Å². The number of nitrogens with zero attached hydrogens (tertiary/aromatic N) is 1. The fourth-order valence-corrected chi connectivity index (χ4v) is 2.66. The van der Waals surface area contributed by atoms with E-state index in [4.69, 9.17) is 0 Å². The molecule has 17 heavy (non-hydrogen) atoms. The first-order valence-electron chi connectivity index (χ1n) is 6.28. The predicted molar refractivity (Wildman–Crippen MR) is 69.2 cm³/mol. The number of rotatable bonds is 2. The van der Waals surface area contributed by atoms with Crippen LogP contribution in [0.2, 0.25) is 0 Å². The number of likely N-dealkylation sites (tertiary alicyclic amines) is 1. The van der Waals surface area contributed by atoms with Crippen molar-refractivity contribution in [3.05, 3.63) is 0 Å². The second-order valence-corrected chi connectivity index (χ2v) is 5.43. The van der Waals surface area contributed by atoms with Crippen molar-refractivity contribution in [2.45, 2.75) is 38.8 Å². The third-order valence-electron chi connectivity index (χ3n) is 3.88. The lowest BCUT2D eigenvalue weighted by molar-refractivity contribution is -0.132. The number of carbonyl (C=O) groups is 1. The van der Waals surface area contributed by atoms with Gasteiger partial charge in [-0.2, -0.15) is 0 Å². The molecule has 2 heterocycles. The lowest BCUT2D eigenvalue weighted by Crippen LogP contribution is -2.42. The van der Waals surface area contributed by atoms with Gasteiger partial charge in [0.2, 0.25) is 5.91 Å². The van der Waals surface area contributed by atoms with Crippen LogP contribution in [0.4, 0.5) is 0 Å². The standard InChI is InChI=1S/C12H22N2O2.ClH/c1-8(2)9-3-4-14(7-9)12(16)11-5-10(15)6-13-11;/h8-11,13,15H,3-7H2,1-2H3;1H. The van der Waals surface area contributed by atoms with E-state index in [9.17, 15) is 9.90 Å². The summed E-state index contributed by atoms with van der Waals surface area (Å²) < 4.78 is 0. The molecule has 3 atom stereocenters.